The average Bonchev–Trinajstić information content (AvgIpc) is 3.12. The summed E-state index contributed by atoms with van der Waals surface area (Å²) in [6.07, 6.45) is 5.07. The molecule has 0 amide bonds. The van der Waals surface area contributed by atoms with E-state index >= 15 is 0 Å². The minimum Gasteiger partial charge on any atom is -0.469 e. The van der Waals surface area contributed by atoms with Gasteiger partial charge in [0.2, 0.25) is 0 Å². The number of hydrogen-bond donors (Lipinski definition) is 2. The highest BCUT2D eigenvalue weighted by Crippen LogP contribution is 2.34. The molecule has 2 atom stereocenters. The van der Waals surface area contributed by atoms with Gasteiger partial charge in [-0.3, -0.25) is 4.99 Å². The van der Waals surface area contributed by atoms with Gasteiger partial charge in [-0.1, -0.05) is 20.8 Å². The van der Waals surface area contributed by atoms with Crippen molar-refractivity contribution < 1.29 is 13.9 Å². The first-order chi connectivity index (χ1) is 12.5. The minimum atomic E-state index is 0. The van der Waals surface area contributed by atoms with Crippen LogP contribution in [0.4, 0.5) is 0 Å². The summed E-state index contributed by atoms with van der Waals surface area (Å²) in [5.74, 6) is 2.25. The normalized spacial score (nSPS) is 20.8. The number of aliphatic imine (C=N–C) groups is 1. The Morgan fingerprint density at radius 1 is 1.30 bits per heavy atom. The number of halogens is 1. The predicted octanol–water partition coefficient (Wildman–Crippen LogP) is 3.46. The standard InChI is InChI=1S/C20H35N3O3.HI/c1-20(2,3)18-16(7-5-13-26-18)15-23-19(22-11-14-24-4)21-10-9-17-8-6-12-25-17;/h6,8,12,16,18H,5,7,9-11,13-15H2,1-4H3,(H2,21,22,23);1H. The van der Waals surface area contributed by atoms with Gasteiger partial charge in [0.15, 0.2) is 5.96 Å². The highest BCUT2D eigenvalue weighted by Gasteiger charge is 2.35. The van der Waals surface area contributed by atoms with Crippen LogP contribution in [0, 0.1) is 11.3 Å². The Morgan fingerprint density at radius 3 is 2.74 bits per heavy atom. The van der Waals surface area contributed by atoms with Gasteiger partial charge < -0.3 is 24.5 Å². The van der Waals surface area contributed by atoms with Crippen LogP contribution in [0.3, 0.4) is 0 Å². The Balaban J connectivity index is 0.00000364. The Hall–Kier alpha value is -0.800. The van der Waals surface area contributed by atoms with E-state index in [2.05, 4.69) is 31.4 Å². The monoisotopic (exact) mass is 493 g/mol. The lowest BCUT2D eigenvalue weighted by atomic mass is 9.78. The lowest BCUT2D eigenvalue weighted by molar-refractivity contribution is -0.0823. The van der Waals surface area contributed by atoms with E-state index in [1.54, 1.807) is 13.4 Å². The van der Waals surface area contributed by atoms with Gasteiger partial charge in [-0.2, -0.15) is 0 Å². The first-order valence-electron chi connectivity index (χ1n) is 9.66. The molecule has 0 aliphatic carbocycles. The smallest absolute Gasteiger partial charge is 0.191 e. The molecule has 0 spiro atoms. The molecule has 1 aliphatic rings. The lowest BCUT2D eigenvalue weighted by Crippen LogP contribution is -2.43. The van der Waals surface area contributed by atoms with Gasteiger partial charge in [-0.15, -0.1) is 24.0 Å². The van der Waals surface area contributed by atoms with Crippen molar-refractivity contribution in [3.05, 3.63) is 24.2 Å². The third-order valence-corrected chi connectivity index (χ3v) is 4.62. The predicted molar refractivity (Wildman–Crippen MR) is 120 cm³/mol. The number of guanidine groups is 1. The van der Waals surface area contributed by atoms with Crippen molar-refractivity contribution >= 4 is 29.9 Å². The zero-order valence-corrected chi connectivity index (χ0v) is 19.5. The molecule has 6 nitrogen and oxygen atoms in total. The zero-order valence-electron chi connectivity index (χ0n) is 17.1. The molecule has 2 N–H and O–H groups in total. The van der Waals surface area contributed by atoms with Gasteiger partial charge in [0.05, 0.1) is 19.0 Å². The first kappa shape index (κ1) is 24.2. The number of nitrogens with zero attached hydrogens (tertiary/aromatic N) is 1. The largest absolute Gasteiger partial charge is 0.469 e. The summed E-state index contributed by atoms with van der Waals surface area (Å²) in [6, 6.07) is 3.90. The van der Waals surface area contributed by atoms with Crippen molar-refractivity contribution in [1.29, 1.82) is 0 Å². The molecule has 2 heterocycles. The van der Waals surface area contributed by atoms with Crippen molar-refractivity contribution in [2.24, 2.45) is 16.3 Å². The number of hydrogen-bond acceptors (Lipinski definition) is 4. The van der Waals surface area contributed by atoms with Crippen LogP contribution in [0.1, 0.15) is 39.4 Å². The maximum Gasteiger partial charge on any atom is 0.191 e. The second-order valence-corrected chi connectivity index (χ2v) is 7.92. The fourth-order valence-electron chi connectivity index (χ4n) is 3.40. The van der Waals surface area contributed by atoms with Gasteiger partial charge in [0.25, 0.3) is 0 Å². The molecular weight excluding hydrogens is 457 g/mol. The van der Waals surface area contributed by atoms with Crippen LogP contribution in [0.25, 0.3) is 0 Å². The summed E-state index contributed by atoms with van der Waals surface area (Å²) in [5.41, 5.74) is 0.136. The van der Waals surface area contributed by atoms with Crippen LogP contribution in [-0.2, 0) is 15.9 Å². The Bertz CT molecular complexity index is 529. The Morgan fingerprint density at radius 2 is 2.07 bits per heavy atom. The van der Waals surface area contributed by atoms with Crippen molar-refractivity contribution in [2.75, 3.05) is 40.0 Å². The minimum absolute atomic E-state index is 0. The van der Waals surface area contributed by atoms with Crippen LogP contribution in [0.5, 0.6) is 0 Å². The van der Waals surface area contributed by atoms with E-state index in [0.29, 0.717) is 12.5 Å². The quantitative estimate of drug-likeness (QED) is 0.251. The van der Waals surface area contributed by atoms with E-state index in [4.69, 9.17) is 18.9 Å². The number of methoxy groups -OCH3 is 1. The summed E-state index contributed by atoms with van der Waals surface area (Å²) in [7, 11) is 1.70. The molecule has 0 bridgehead atoms. The summed E-state index contributed by atoms with van der Waals surface area (Å²) in [4.78, 5) is 4.83. The Kier molecular flexibility index (Phi) is 11.3. The van der Waals surface area contributed by atoms with Crippen LogP contribution < -0.4 is 10.6 Å². The van der Waals surface area contributed by atoms with E-state index in [0.717, 1.165) is 50.8 Å². The zero-order chi connectivity index (χ0) is 18.8. The van der Waals surface area contributed by atoms with Crippen LogP contribution in [-0.4, -0.2) is 52.0 Å². The molecule has 1 aromatic rings. The maximum absolute atomic E-state index is 6.07. The molecule has 156 valence electrons. The van der Waals surface area contributed by atoms with Crippen molar-refractivity contribution in [3.63, 3.8) is 0 Å². The van der Waals surface area contributed by atoms with Crippen molar-refractivity contribution in [1.82, 2.24) is 10.6 Å². The fourth-order valence-corrected chi connectivity index (χ4v) is 3.40. The molecule has 2 unspecified atom stereocenters. The molecule has 2 rings (SSSR count). The third kappa shape index (κ3) is 8.83. The van der Waals surface area contributed by atoms with E-state index in [1.807, 2.05) is 12.1 Å². The molecule has 1 aliphatic heterocycles. The van der Waals surface area contributed by atoms with E-state index in [9.17, 15) is 0 Å². The SMILES string of the molecule is COCCNC(=NCC1CCCOC1C(C)(C)C)NCCc1ccco1.I. The second-order valence-electron chi connectivity index (χ2n) is 7.92. The van der Waals surface area contributed by atoms with Gasteiger partial charge in [0.1, 0.15) is 5.76 Å². The van der Waals surface area contributed by atoms with E-state index in [-0.39, 0.29) is 35.5 Å². The van der Waals surface area contributed by atoms with Gasteiger partial charge >= 0.3 is 0 Å². The molecular formula is C20H36IN3O3. The van der Waals surface area contributed by atoms with Crippen LogP contribution in [0.2, 0.25) is 0 Å². The second kappa shape index (κ2) is 12.6. The molecule has 1 saturated heterocycles. The van der Waals surface area contributed by atoms with E-state index in [1.165, 1.54) is 6.42 Å². The molecule has 0 saturated carbocycles. The number of rotatable bonds is 8. The summed E-state index contributed by atoms with van der Waals surface area (Å²) >= 11 is 0. The fraction of sp³-hybridized carbons (Fsp3) is 0.750. The molecule has 0 radical (unpaired) electrons. The van der Waals surface area contributed by atoms with E-state index < -0.39 is 0 Å². The molecule has 1 aromatic heterocycles. The molecule has 27 heavy (non-hydrogen) atoms. The molecule has 7 heteroatoms. The van der Waals surface area contributed by atoms with Gasteiger partial charge in [-0.05, 0) is 30.4 Å². The van der Waals surface area contributed by atoms with Gasteiger partial charge in [-0.25, -0.2) is 0 Å². The highest BCUT2D eigenvalue weighted by molar-refractivity contribution is 14.0. The maximum atomic E-state index is 6.07. The number of ether oxygens (including phenoxy) is 2. The van der Waals surface area contributed by atoms with Crippen molar-refractivity contribution in [3.8, 4) is 0 Å². The molecule has 0 aromatic carbocycles. The van der Waals surface area contributed by atoms with Gasteiger partial charge in [0, 0.05) is 45.7 Å². The first-order valence-corrected chi connectivity index (χ1v) is 9.66. The lowest BCUT2D eigenvalue weighted by Gasteiger charge is -2.39. The molecule has 1 fully saturated rings. The number of nitrogens with one attached hydrogen (secondary N) is 2. The third-order valence-electron chi connectivity index (χ3n) is 4.62. The average molecular weight is 493 g/mol. The highest BCUT2D eigenvalue weighted by atomic mass is 127. The Labute approximate surface area is 180 Å². The topological polar surface area (TPSA) is 68.0 Å². The summed E-state index contributed by atoms with van der Waals surface area (Å²) in [5, 5.41) is 6.73. The van der Waals surface area contributed by atoms with Crippen LogP contribution >= 0.6 is 24.0 Å². The summed E-state index contributed by atoms with van der Waals surface area (Å²) in [6.45, 7) is 10.5. The summed E-state index contributed by atoms with van der Waals surface area (Å²) < 4.78 is 16.6. The van der Waals surface area contributed by atoms with Crippen LogP contribution in [0.15, 0.2) is 27.8 Å². The number of furan rings is 1. The van der Waals surface area contributed by atoms with Crippen molar-refractivity contribution in [2.45, 2.75) is 46.1 Å².